The van der Waals surface area contributed by atoms with Crippen LogP contribution in [-0.4, -0.2) is 48.3 Å². The summed E-state index contributed by atoms with van der Waals surface area (Å²) in [5, 5.41) is 7.21. The van der Waals surface area contributed by atoms with Gasteiger partial charge in [0.15, 0.2) is 6.61 Å². The Labute approximate surface area is 186 Å². The summed E-state index contributed by atoms with van der Waals surface area (Å²) in [6.45, 7) is -0.577. The average Bonchev–Trinajstić information content (AvgIpc) is 3.17. The lowest BCUT2D eigenvalue weighted by Gasteiger charge is -2.17. The summed E-state index contributed by atoms with van der Waals surface area (Å²) in [6.07, 6.45) is 2.18. The van der Waals surface area contributed by atoms with E-state index in [4.69, 9.17) is 22.1 Å². The van der Waals surface area contributed by atoms with Crippen LogP contribution in [0.5, 0.6) is 0 Å². The lowest BCUT2D eigenvalue weighted by molar-refractivity contribution is -0.149. The molecule has 1 aromatic heterocycles. The van der Waals surface area contributed by atoms with Crippen LogP contribution in [0.1, 0.15) is 27.1 Å². The van der Waals surface area contributed by atoms with Crippen molar-refractivity contribution in [2.24, 2.45) is 5.73 Å². The Morgan fingerprint density at radius 3 is 2.60 bits per heavy atom. The van der Waals surface area contributed by atoms with Crippen molar-refractivity contribution in [1.82, 2.24) is 5.32 Å². The first-order chi connectivity index (χ1) is 14.3. The molecule has 30 heavy (non-hydrogen) atoms. The van der Waals surface area contributed by atoms with Gasteiger partial charge < -0.3 is 21.1 Å². The molecule has 2 aromatic rings. The van der Waals surface area contributed by atoms with Crippen molar-refractivity contribution >= 4 is 63.4 Å². The molecule has 1 aromatic carbocycles. The van der Waals surface area contributed by atoms with E-state index >= 15 is 0 Å². The first kappa shape index (κ1) is 23.7. The van der Waals surface area contributed by atoms with E-state index in [-0.39, 0.29) is 21.2 Å². The fourth-order valence-electron chi connectivity index (χ4n) is 2.37. The number of nitrogens with one attached hydrogen (secondary N) is 2. The summed E-state index contributed by atoms with van der Waals surface area (Å²) in [5.41, 5.74) is 5.63. The summed E-state index contributed by atoms with van der Waals surface area (Å²) >= 11 is 8.64. The highest BCUT2D eigenvalue weighted by Gasteiger charge is 2.24. The molecule has 160 valence electrons. The summed E-state index contributed by atoms with van der Waals surface area (Å²) in [5.74, 6) is -1.98. The molecule has 0 bridgehead atoms. The normalized spacial score (nSPS) is 11.4. The van der Waals surface area contributed by atoms with Gasteiger partial charge in [-0.3, -0.25) is 14.4 Å². The van der Waals surface area contributed by atoms with E-state index in [1.165, 1.54) is 17.8 Å². The maximum atomic E-state index is 12.5. The smallest absolute Gasteiger partial charge is 0.329 e. The van der Waals surface area contributed by atoms with Gasteiger partial charge in [-0.05, 0) is 42.0 Å². The van der Waals surface area contributed by atoms with Gasteiger partial charge in [0.2, 0.25) is 0 Å². The number of benzene rings is 1. The molecule has 0 fully saturated rings. The number of hydrogen-bond acceptors (Lipinski definition) is 7. The topological polar surface area (TPSA) is 128 Å². The number of ether oxygens (including phenoxy) is 1. The Hall–Kier alpha value is -2.56. The quantitative estimate of drug-likeness (QED) is 0.459. The first-order valence-electron chi connectivity index (χ1n) is 8.71. The Kier molecular flexibility index (Phi) is 9.15. The third kappa shape index (κ3) is 6.75. The molecule has 0 spiro atoms. The number of primary amides is 1. The molecule has 3 amide bonds. The van der Waals surface area contributed by atoms with E-state index in [2.05, 4.69) is 10.6 Å². The minimum atomic E-state index is -0.947. The molecule has 0 aliphatic carbocycles. The lowest BCUT2D eigenvalue weighted by Crippen LogP contribution is -2.43. The molecular weight excluding hydrogens is 450 g/mol. The highest BCUT2D eigenvalue weighted by Crippen LogP contribution is 2.22. The number of nitrogens with two attached hydrogens (primary N) is 1. The summed E-state index contributed by atoms with van der Waals surface area (Å²) in [4.78, 5) is 48.3. The number of halogens is 1. The number of rotatable bonds is 10. The first-order valence-corrected chi connectivity index (χ1v) is 11.4. The van der Waals surface area contributed by atoms with Gasteiger partial charge in [-0.15, -0.1) is 11.3 Å². The number of carbonyl (C=O) groups is 4. The van der Waals surface area contributed by atoms with E-state index in [0.717, 1.165) is 11.3 Å². The largest absolute Gasteiger partial charge is 0.454 e. The number of hydrogen-bond donors (Lipinski definition) is 3. The lowest BCUT2D eigenvalue weighted by atomic mass is 10.1. The molecule has 1 atom stereocenters. The highest BCUT2D eigenvalue weighted by atomic mass is 35.5. The molecule has 8 nitrogen and oxygen atoms in total. The third-order valence-corrected chi connectivity index (χ3v) is 5.65. The molecule has 0 saturated heterocycles. The highest BCUT2D eigenvalue weighted by molar-refractivity contribution is 7.98. The summed E-state index contributed by atoms with van der Waals surface area (Å²) in [7, 11) is 0. The zero-order valence-corrected chi connectivity index (χ0v) is 18.4. The molecule has 1 unspecified atom stereocenters. The molecule has 11 heteroatoms. The second kappa shape index (κ2) is 11.6. The molecule has 1 heterocycles. The van der Waals surface area contributed by atoms with Crippen LogP contribution in [0.3, 0.4) is 0 Å². The van der Waals surface area contributed by atoms with Crippen molar-refractivity contribution in [3.63, 3.8) is 0 Å². The Bertz CT molecular complexity index is 934. The van der Waals surface area contributed by atoms with Crippen LogP contribution in [0.25, 0.3) is 0 Å². The zero-order valence-electron chi connectivity index (χ0n) is 16.0. The van der Waals surface area contributed by atoms with Gasteiger partial charge in [0, 0.05) is 0 Å². The van der Waals surface area contributed by atoms with Crippen LogP contribution in [0, 0.1) is 0 Å². The molecular formula is C19H20ClN3O5S2. The van der Waals surface area contributed by atoms with Crippen molar-refractivity contribution in [3.05, 3.63) is 51.9 Å². The van der Waals surface area contributed by atoms with Crippen LogP contribution in [-0.2, 0) is 14.3 Å². The van der Waals surface area contributed by atoms with Gasteiger partial charge in [-0.2, -0.15) is 11.8 Å². The van der Waals surface area contributed by atoms with E-state index in [1.807, 2.05) is 6.26 Å². The Morgan fingerprint density at radius 2 is 1.93 bits per heavy atom. The third-order valence-electron chi connectivity index (χ3n) is 3.85. The molecule has 2 rings (SSSR count). The maximum Gasteiger partial charge on any atom is 0.329 e. The van der Waals surface area contributed by atoms with Crippen molar-refractivity contribution in [2.75, 3.05) is 23.9 Å². The fraction of sp³-hybridized carbons (Fsp3) is 0.263. The van der Waals surface area contributed by atoms with Gasteiger partial charge in [-0.25, -0.2) is 4.79 Å². The van der Waals surface area contributed by atoms with E-state index in [9.17, 15) is 19.2 Å². The van der Waals surface area contributed by atoms with E-state index in [0.29, 0.717) is 12.2 Å². The van der Waals surface area contributed by atoms with Crippen LogP contribution in [0.4, 0.5) is 5.00 Å². The van der Waals surface area contributed by atoms with Crippen LogP contribution >= 0.6 is 34.7 Å². The predicted molar refractivity (Wildman–Crippen MR) is 118 cm³/mol. The van der Waals surface area contributed by atoms with Crippen LogP contribution in [0.2, 0.25) is 5.02 Å². The van der Waals surface area contributed by atoms with Gasteiger partial charge in [0.05, 0.1) is 16.1 Å². The summed E-state index contributed by atoms with van der Waals surface area (Å²) < 4.78 is 5.06. The van der Waals surface area contributed by atoms with Gasteiger partial charge in [0.1, 0.15) is 11.0 Å². The second-order valence-electron chi connectivity index (χ2n) is 5.97. The maximum absolute atomic E-state index is 12.5. The van der Waals surface area contributed by atoms with Crippen LogP contribution in [0.15, 0.2) is 35.7 Å². The molecule has 4 N–H and O–H groups in total. The standard InChI is InChI=1S/C19H20ClN3O5S2/c1-29-8-7-14(22-17(26)11-4-2-3-5-13(11)20)19(27)28-10-15(24)23-18-12(16(21)25)6-9-30-18/h2-6,9,14H,7-8,10H2,1H3,(H2,21,25)(H,22,26)(H,23,24). The molecule has 0 saturated carbocycles. The van der Waals surface area contributed by atoms with Crippen LogP contribution < -0.4 is 16.4 Å². The monoisotopic (exact) mass is 469 g/mol. The molecule has 0 aliphatic rings. The predicted octanol–water partition coefficient (Wildman–Crippen LogP) is 2.53. The molecule has 0 aliphatic heterocycles. The number of amides is 3. The zero-order chi connectivity index (χ0) is 22.1. The number of anilines is 1. The van der Waals surface area contributed by atoms with Crippen molar-refractivity contribution in [1.29, 1.82) is 0 Å². The number of thiophene rings is 1. The van der Waals surface area contributed by atoms with Crippen molar-refractivity contribution in [3.8, 4) is 0 Å². The SMILES string of the molecule is CSCCC(NC(=O)c1ccccc1Cl)C(=O)OCC(=O)Nc1sccc1C(N)=O. The minimum Gasteiger partial charge on any atom is -0.454 e. The Balaban J connectivity index is 1.96. The Morgan fingerprint density at radius 1 is 1.20 bits per heavy atom. The number of carbonyl (C=O) groups excluding carboxylic acids is 4. The van der Waals surface area contributed by atoms with Crippen molar-refractivity contribution in [2.45, 2.75) is 12.5 Å². The fourth-order valence-corrected chi connectivity index (χ4v) is 3.87. The van der Waals surface area contributed by atoms with E-state index < -0.39 is 36.3 Å². The number of thioether (sulfide) groups is 1. The van der Waals surface area contributed by atoms with Gasteiger partial charge in [0.25, 0.3) is 17.7 Å². The second-order valence-corrected chi connectivity index (χ2v) is 8.28. The number of esters is 1. The van der Waals surface area contributed by atoms with Gasteiger partial charge in [-0.1, -0.05) is 23.7 Å². The average molecular weight is 470 g/mol. The molecule has 0 radical (unpaired) electrons. The van der Waals surface area contributed by atoms with E-state index in [1.54, 1.807) is 29.6 Å². The van der Waals surface area contributed by atoms with Crippen molar-refractivity contribution < 1.29 is 23.9 Å². The van der Waals surface area contributed by atoms with Gasteiger partial charge >= 0.3 is 5.97 Å². The minimum absolute atomic E-state index is 0.171. The summed E-state index contributed by atoms with van der Waals surface area (Å²) in [6, 6.07) is 6.99.